The minimum atomic E-state index is -0.275. The van der Waals surface area contributed by atoms with Crippen molar-refractivity contribution < 1.29 is 9.84 Å². The lowest BCUT2D eigenvalue weighted by Gasteiger charge is -2.35. The van der Waals surface area contributed by atoms with Gasteiger partial charge in [-0.1, -0.05) is 26.7 Å². The van der Waals surface area contributed by atoms with E-state index < -0.39 is 0 Å². The predicted octanol–water partition coefficient (Wildman–Crippen LogP) is 2.04. The molecule has 2 aliphatic rings. The smallest absolute Gasteiger partial charge is 0.0950 e. The second-order valence-electron chi connectivity index (χ2n) is 6.03. The number of nitrogens with zero attached hydrogens (tertiary/aromatic N) is 1. The van der Waals surface area contributed by atoms with E-state index in [1.807, 2.05) is 0 Å². The van der Waals surface area contributed by atoms with Crippen LogP contribution in [0.15, 0.2) is 0 Å². The van der Waals surface area contributed by atoms with Crippen molar-refractivity contribution in [2.24, 2.45) is 5.92 Å². The number of aliphatic hydroxyl groups is 1. The molecule has 1 saturated carbocycles. The second-order valence-corrected chi connectivity index (χ2v) is 6.03. The molecule has 2 rings (SSSR count). The highest BCUT2D eigenvalue weighted by Crippen LogP contribution is 2.28. The average Bonchev–Trinajstić information content (AvgIpc) is 2.91. The summed E-state index contributed by atoms with van der Waals surface area (Å²) in [4.78, 5) is 2.55. The van der Waals surface area contributed by atoms with Gasteiger partial charge in [-0.15, -0.1) is 0 Å². The molecule has 17 heavy (non-hydrogen) atoms. The van der Waals surface area contributed by atoms with Crippen molar-refractivity contribution in [3.05, 3.63) is 0 Å². The lowest BCUT2D eigenvalue weighted by molar-refractivity contribution is 0.0517. The molecule has 2 unspecified atom stereocenters. The number of rotatable bonds is 5. The van der Waals surface area contributed by atoms with Gasteiger partial charge in [0.15, 0.2) is 0 Å². The van der Waals surface area contributed by atoms with Crippen LogP contribution in [0.1, 0.15) is 46.0 Å². The molecule has 1 aliphatic heterocycles. The van der Waals surface area contributed by atoms with Crippen molar-refractivity contribution in [3.8, 4) is 0 Å². The van der Waals surface area contributed by atoms with Gasteiger partial charge in [-0.2, -0.15) is 0 Å². The molecule has 100 valence electrons. The molecule has 0 bridgehead atoms. The van der Waals surface area contributed by atoms with Gasteiger partial charge in [-0.05, 0) is 31.7 Å². The lowest BCUT2D eigenvalue weighted by atomic mass is 10.0. The van der Waals surface area contributed by atoms with E-state index in [1.54, 1.807) is 0 Å². The molecule has 0 aromatic rings. The third kappa shape index (κ3) is 3.43. The molecule has 0 aromatic heterocycles. The van der Waals surface area contributed by atoms with Crippen LogP contribution in [0, 0.1) is 5.92 Å². The van der Waals surface area contributed by atoms with E-state index in [2.05, 4.69) is 18.7 Å². The Bertz CT molecular complexity index is 226. The fourth-order valence-electron chi connectivity index (χ4n) is 3.11. The molecule has 2 fully saturated rings. The van der Waals surface area contributed by atoms with Crippen molar-refractivity contribution in [2.45, 2.75) is 64.1 Å². The third-order valence-electron chi connectivity index (χ3n) is 4.21. The summed E-state index contributed by atoms with van der Waals surface area (Å²) >= 11 is 0. The largest absolute Gasteiger partial charge is 0.389 e. The molecule has 3 nitrogen and oxygen atoms in total. The average molecular weight is 241 g/mol. The number of ether oxygens (including phenoxy) is 1. The Balaban J connectivity index is 1.95. The molecular weight excluding hydrogens is 214 g/mol. The van der Waals surface area contributed by atoms with Crippen LogP contribution in [0.3, 0.4) is 0 Å². The van der Waals surface area contributed by atoms with Gasteiger partial charge in [0, 0.05) is 6.04 Å². The SMILES string of the molecule is CC(C)CCN(C1CCCC1)C1COCC1O. The van der Waals surface area contributed by atoms with E-state index in [0.717, 1.165) is 19.1 Å². The van der Waals surface area contributed by atoms with Crippen molar-refractivity contribution in [1.29, 1.82) is 0 Å². The zero-order chi connectivity index (χ0) is 12.3. The highest BCUT2D eigenvalue weighted by Gasteiger charge is 2.36. The maximum absolute atomic E-state index is 10.0. The molecular formula is C14H27NO2. The van der Waals surface area contributed by atoms with E-state index >= 15 is 0 Å². The Morgan fingerprint density at radius 1 is 1.24 bits per heavy atom. The maximum Gasteiger partial charge on any atom is 0.0950 e. The molecule has 2 atom stereocenters. The molecule has 0 radical (unpaired) electrons. The summed E-state index contributed by atoms with van der Waals surface area (Å²) in [5.41, 5.74) is 0. The first kappa shape index (κ1) is 13.3. The zero-order valence-corrected chi connectivity index (χ0v) is 11.3. The van der Waals surface area contributed by atoms with Gasteiger partial charge >= 0.3 is 0 Å². The van der Waals surface area contributed by atoms with Crippen LogP contribution in [0.5, 0.6) is 0 Å². The predicted molar refractivity (Wildman–Crippen MR) is 69.0 cm³/mol. The molecule has 1 aliphatic carbocycles. The Kier molecular flexibility index (Phi) is 4.83. The molecule has 0 spiro atoms. The zero-order valence-electron chi connectivity index (χ0n) is 11.3. The van der Waals surface area contributed by atoms with Gasteiger partial charge in [0.25, 0.3) is 0 Å². The highest BCUT2D eigenvalue weighted by atomic mass is 16.5. The van der Waals surface area contributed by atoms with E-state index in [0.29, 0.717) is 12.6 Å². The topological polar surface area (TPSA) is 32.7 Å². The summed E-state index contributed by atoms with van der Waals surface area (Å²) in [7, 11) is 0. The van der Waals surface area contributed by atoms with Crippen molar-refractivity contribution in [1.82, 2.24) is 4.90 Å². The molecule has 3 heteroatoms. The first-order chi connectivity index (χ1) is 8.18. The van der Waals surface area contributed by atoms with Crippen molar-refractivity contribution in [2.75, 3.05) is 19.8 Å². The minimum absolute atomic E-state index is 0.247. The molecule has 0 amide bonds. The Morgan fingerprint density at radius 3 is 2.47 bits per heavy atom. The van der Waals surface area contributed by atoms with Gasteiger partial charge in [-0.3, -0.25) is 4.90 Å². The van der Waals surface area contributed by atoms with Gasteiger partial charge < -0.3 is 9.84 Å². The Hall–Kier alpha value is -0.120. The number of hydrogen-bond donors (Lipinski definition) is 1. The maximum atomic E-state index is 10.0. The van der Waals surface area contributed by atoms with Gasteiger partial charge in [-0.25, -0.2) is 0 Å². The minimum Gasteiger partial charge on any atom is -0.389 e. The van der Waals surface area contributed by atoms with Crippen LogP contribution < -0.4 is 0 Å². The summed E-state index contributed by atoms with van der Waals surface area (Å²) in [5.74, 6) is 0.735. The number of aliphatic hydroxyl groups excluding tert-OH is 1. The van der Waals surface area contributed by atoms with Gasteiger partial charge in [0.05, 0.1) is 25.4 Å². The quantitative estimate of drug-likeness (QED) is 0.799. The summed E-state index contributed by atoms with van der Waals surface area (Å²) in [6.45, 7) is 6.90. The Labute approximate surface area is 105 Å². The fourth-order valence-corrected chi connectivity index (χ4v) is 3.11. The first-order valence-electron chi connectivity index (χ1n) is 7.20. The van der Waals surface area contributed by atoms with Crippen LogP contribution in [0.4, 0.5) is 0 Å². The standard InChI is InChI=1S/C14H27NO2/c1-11(2)7-8-15(12-5-3-4-6-12)13-9-17-10-14(13)16/h11-14,16H,3-10H2,1-2H3. The van der Waals surface area contributed by atoms with E-state index in [1.165, 1.54) is 32.1 Å². The van der Waals surface area contributed by atoms with Crippen molar-refractivity contribution in [3.63, 3.8) is 0 Å². The Morgan fingerprint density at radius 2 is 1.94 bits per heavy atom. The lowest BCUT2D eigenvalue weighted by Crippen LogP contribution is -2.48. The number of hydrogen-bond acceptors (Lipinski definition) is 3. The summed E-state index contributed by atoms with van der Waals surface area (Å²) in [6.07, 6.45) is 6.27. The molecule has 1 saturated heterocycles. The summed E-state index contributed by atoms with van der Waals surface area (Å²) in [5, 5.41) is 10.0. The van der Waals surface area contributed by atoms with Crippen molar-refractivity contribution >= 4 is 0 Å². The fraction of sp³-hybridized carbons (Fsp3) is 1.00. The summed E-state index contributed by atoms with van der Waals surface area (Å²) < 4.78 is 5.43. The van der Waals surface area contributed by atoms with Crippen LogP contribution in [-0.2, 0) is 4.74 Å². The monoisotopic (exact) mass is 241 g/mol. The third-order valence-corrected chi connectivity index (χ3v) is 4.21. The first-order valence-corrected chi connectivity index (χ1v) is 7.20. The van der Waals surface area contributed by atoms with Gasteiger partial charge in [0.1, 0.15) is 0 Å². The van der Waals surface area contributed by atoms with E-state index in [4.69, 9.17) is 4.74 Å². The van der Waals surface area contributed by atoms with Crippen LogP contribution in [0.25, 0.3) is 0 Å². The normalized spacial score (nSPS) is 30.9. The highest BCUT2D eigenvalue weighted by molar-refractivity contribution is 4.89. The van der Waals surface area contributed by atoms with Crippen LogP contribution in [-0.4, -0.2) is 48.0 Å². The molecule has 1 N–H and O–H groups in total. The molecule has 0 aromatic carbocycles. The summed E-state index contributed by atoms with van der Waals surface area (Å²) in [6, 6.07) is 0.937. The van der Waals surface area contributed by atoms with E-state index in [9.17, 15) is 5.11 Å². The second kappa shape index (κ2) is 6.17. The van der Waals surface area contributed by atoms with Crippen LogP contribution in [0.2, 0.25) is 0 Å². The molecule has 1 heterocycles. The van der Waals surface area contributed by atoms with E-state index in [-0.39, 0.29) is 12.1 Å². The van der Waals surface area contributed by atoms with Gasteiger partial charge in [0.2, 0.25) is 0 Å². The van der Waals surface area contributed by atoms with Crippen LogP contribution >= 0.6 is 0 Å².